The Balaban J connectivity index is 2.39. The molecule has 0 aliphatic heterocycles. The van der Waals surface area contributed by atoms with Gasteiger partial charge in [-0.15, -0.1) is 0 Å². The first-order valence-corrected chi connectivity index (χ1v) is 4.45. The van der Waals surface area contributed by atoms with Crippen LogP contribution in [0.5, 0.6) is 5.75 Å². The van der Waals surface area contributed by atoms with Crippen LogP contribution in [-0.4, -0.2) is 11.8 Å². The van der Waals surface area contributed by atoms with Crippen molar-refractivity contribution in [3.8, 4) is 5.75 Å². The van der Waals surface area contributed by atoms with Gasteiger partial charge in [0.2, 0.25) is 5.24 Å². The number of ether oxygens (including phenoxy) is 1. The van der Waals surface area contributed by atoms with Crippen LogP contribution in [0.15, 0.2) is 30.3 Å². The van der Waals surface area contributed by atoms with E-state index in [4.69, 9.17) is 16.3 Å². The van der Waals surface area contributed by atoms with Crippen molar-refractivity contribution in [1.82, 2.24) is 0 Å². The van der Waals surface area contributed by atoms with Gasteiger partial charge in [-0.3, -0.25) is 4.79 Å². The van der Waals surface area contributed by atoms with E-state index < -0.39 is 0 Å². The zero-order valence-corrected chi connectivity index (χ0v) is 8.12. The second-order valence-electron chi connectivity index (χ2n) is 2.83. The second-order valence-corrected chi connectivity index (χ2v) is 3.20. The molecule has 1 unspecified atom stereocenters. The highest BCUT2D eigenvalue weighted by Gasteiger charge is 2.09. The third kappa shape index (κ3) is 3.47. The number of para-hydroxylation sites is 1. The maximum atomic E-state index is 10.7. The lowest BCUT2D eigenvalue weighted by Gasteiger charge is -2.08. The second kappa shape index (κ2) is 4.87. The van der Waals surface area contributed by atoms with Gasteiger partial charge in [-0.25, -0.2) is 0 Å². The van der Waals surface area contributed by atoms with E-state index in [1.165, 1.54) is 0 Å². The first-order valence-electron chi connectivity index (χ1n) is 4.07. The van der Waals surface area contributed by atoms with E-state index in [1.807, 2.05) is 30.3 Å². The third-order valence-electron chi connectivity index (χ3n) is 1.63. The molecule has 0 N–H and O–H groups in total. The van der Waals surface area contributed by atoms with Crippen LogP contribution in [0, 0.1) is 5.92 Å². The standard InChI is InChI=1S/C10H11ClO2/c1-8(10(11)12)7-13-9-5-3-2-4-6-9/h2-6,8H,7H2,1H3. The molecule has 0 spiro atoms. The summed E-state index contributed by atoms with van der Waals surface area (Å²) in [6.45, 7) is 2.06. The van der Waals surface area contributed by atoms with E-state index >= 15 is 0 Å². The molecule has 0 saturated heterocycles. The molecule has 13 heavy (non-hydrogen) atoms. The molecule has 0 aliphatic rings. The van der Waals surface area contributed by atoms with Gasteiger partial charge in [0.1, 0.15) is 5.75 Å². The summed E-state index contributed by atoms with van der Waals surface area (Å²) in [5, 5.41) is -0.365. The highest BCUT2D eigenvalue weighted by molar-refractivity contribution is 6.63. The number of hydrogen-bond acceptors (Lipinski definition) is 2. The molecule has 3 heteroatoms. The fraction of sp³-hybridized carbons (Fsp3) is 0.300. The first-order chi connectivity index (χ1) is 6.20. The lowest BCUT2D eigenvalue weighted by atomic mass is 10.2. The minimum atomic E-state index is -0.365. The monoisotopic (exact) mass is 198 g/mol. The van der Waals surface area contributed by atoms with Crippen LogP contribution >= 0.6 is 11.6 Å². The van der Waals surface area contributed by atoms with E-state index in [1.54, 1.807) is 6.92 Å². The quantitative estimate of drug-likeness (QED) is 0.695. The fourth-order valence-corrected chi connectivity index (χ4v) is 0.866. The Morgan fingerprint density at radius 2 is 2.08 bits per heavy atom. The van der Waals surface area contributed by atoms with Crippen LogP contribution in [0.25, 0.3) is 0 Å². The summed E-state index contributed by atoms with van der Waals surface area (Å²) in [7, 11) is 0. The van der Waals surface area contributed by atoms with Gasteiger partial charge in [0, 0.05) is 0 Å². The first kappa shape index (κ1) is 10.1. The summed E-state index contributed by atoms with van der Waals surface area (Å²) in [5.74, 6) is 0.495. The van der Waals surface area contributed by atoms with Crippen molar-refractivity contribution >= 4 is 16.8 Å². The number of hydrogen-bond donors (Lipinski definition) is 0. The van der Waals surface area contributed by atoms with Crippen molar-refractivity contribution in [2.75, 3.05) is 6.61 Å². The summed E-state index contributed by atoms with van der Waals surface area (Å²) >= 11 is 5.28. The zero-order chi connectivity index (χ0) is 9.68. The van der Waals surface area contributed by atoms with Crippen molar-refractivity contribution in [3.05, 3.63) is 30.3 Å². The van der Waals surface area contributed by atoms with E-state index in [0.29, 0.717) is 6.61 Å². The minimum absolute atomic E-state index is 0.262. The Bertz CT molecular complexity index is 272. The normalized spacial score (nSPS) is 12.2. The van der Waals surface area contributed by atoms with Crippen molar-refractivity contribution in [3.63, 3.8) is 0 Å². The summed E-state index contributed by atoms with van der Waals surface area (Å²) in [6.07, 6.45) is 0. The number of rotatable bonds is 4. The van der Waals surface area contributed by atoms with Gasteiger partial charge in [-0.1, -0.05) is 25.1 Å². The molecule has 0 amide bonds. The smallest absolute Gasteiger partial charge is 0.227 e. The summed E-state index contributed by atoms with van der Waals surface area (Å²) in [4.78, 5) is 10.7. The van der Waals surface area contributed by atoms with E-state index in [0.717, 1.165) is 5.75 Å². The molecule has 70 valence electrons. The molecule has 0 fully saturated rings. The molecule has 2 nitrogen and oxygen atoms in total. The largest absolute Gasteiger partial charge is 0.493 e. The maximum Gasteiger partial charge on any atom is 0.227 e. The fourth-order valence-electron chi connectivity index (χ4n) is 0.803. The minimum Gasteiger partial charge on any atom is -0.493 e. The molecular weight excluding hydrogens is 188 g/mol. The SMILES string of the molecule is CC(COc1ccccc1)C(=O)Cl. The van der Waals surface area contributed by atoms with Gasteiger partial charge in [-0.05, 0) is 23.7 Å². The average molecular weight is 199 g/mol. The number of carbonyl (C=O) groups excluding carboxylic acids is 1. The van der Waals surface area contributed by atoms with Crippen LogP contribution < -0.4 is 4.74 Å². The molecule has 1 atom stereocenters. The Labute approximate surface area is 82.5 Å². The van der Waals surface area contributed by atoms with Crippen LogP contribution in [0.4, 0.5) is 0 Å². The highest BCUT2D eigenvalue weighted by Crippen LogP contribution is 2.10. The summed E-state index contributed by atoms with van der Waals surface area (Å²) in [5.41, 5.74) is 0. The lowest BCUT2D eigenvalue weighted by molar-refractivity contribution is -0.115. The van der Waals surface area contributed by atoms with Gasteiger partial charge in [0.05, 0.1) is 12.5 Å². The molecule has 0 saturated carbocycles. The lowest BCUT2D eigenvalue weighted by Crippen LogP contribution is -2.14. The number of carbonyl (C=O) groups is 1. The predicted molar refractivity (Wildman–Crippen MR) is 52.0 cm³/mol. The number of halogens is 1. The molecule has 1 rings (SSSR count). The molecule has 0 heterocycles. The van der Waals surface area contributed by atoms with Gasteiger partial charge in [-0.2, -0.15) is 0 Å². The molecule has 1 aromatic rings. The van der Waals surface area contributed by atoms with Gasteiger partial charge in [0.25, 0.3) is 0 Å². The Hall–Kier alpha value is -1.02. The maximum absolute atomic E-state index is 10.7. The molecular formula is C10H11ClO2. The predicted octanol–water partition coefficient (Wildman–Crippen LogP) is 2.47. The van der Waals surface area contributed by atoms with Crippen LogP contribution in [0.3, 0.4) is 0 Å². The van der Waals surface area contributed by atoms with Crippen LogP contribution in [0.2, 0.25) is 0 Å². The Morgan fingerprint density at radius 1 is 1.46 bits per heavy atom. The molecule has 0 aliphatic carbocycles. The number of benzene rings is 1. The Kier molecular flexibility index (Phi) is 3.77. The van der Waals surface area contributed by atoms with Gasteiger partial charge in [0.15, 0.2) is 0 Å². The van der Waals surface area contributed by atoms with E-state index in [9.17, 15) is 4.79 Å². The molecule has 0 aromatic heterocycles. The van der Waals surface area contributed by atoms with Gasteiger partial charge < -0.3 is 4.74 Å². The van der Waals surface area contributed by atoms with Crippen LogP contribution in [-0.2, 0) is 4.79 Å². The van der Waals surface area contributed by atoms with E-state index in [-0.39, 0.29) is 11.2 Å². The molecule has 1 aromatic carbocycles. The van der Waals surface area contributed by atoms with Gasteiger partial charge >= 0.3 is 0 Å². The third-order valence-corrected chi connectivity index (χ3v) is 2.00. The highest BCUT2D eigenvalue weighted by atomic mass is 35.5. The molecule has 0 bridgehead atoms. The average Bonchev–Trinajstić information content (AvgIpc) is 2.15. The van der Waals surface area contributed by atoms with E-state index in [2.05, 4.69) is 0 Å². The summed E-state index contributed by atoms with van der Waals surface area (Å²) in [6, 6.07) is 9.34. The molecule has 0 radical (unpaired) electrons. The van der Waals surface area contributed by atoms with Crippen molar-refractivity contribution in [2.24, 2.45) is 5.92 Å². The van der Waals surface area contributed by atoms with Crippen molar-refractivity contribution in [2.45, 2.75) is 6.92 Å². The topological polar surface area (TPSA) is 26.3 Å². The van der Waals surface area contributed by atoms with Crippen molar-refractivity contribution < 1.29 is 9.53 Å². The zero-order valence-electron chi connectivity index (χ0n) is 7.37. The van der Waals surface area contributed by atoms with Crippen molar-refractivity contribution in [1.29, 1.82) is 0 Å². The van der Waals surface area contributed by atoms with Crippen LogP contribution in [0.1, 0.15) is 6.92 Å². The summed E-state index contributed by atoms with van der Waals surface area (Å²) < 4.78 is 5.32. The Morgan fingerprint density at radius 3 is 2.62 bits per heavy atom.